The van der Waals surface area contributed by atoms with E-state index in [2.05, 4.69) is 18.8 Å². The molecule has 4 nitrogen and oxygen atoms in total. The third-order valence-corrected chi connectivity index (χ3v) is 10.4. The minimum atomic E-state index is -0.462. The summed E-state index contributed by atoms with van der Waals surface area (Å²) < 4.78 is 1.97. The molecule has 0 saturated heterocycles. The topological polar surface area (TPSA) is 55.1 Å². The standard InChI is InChI=1S/C26H40N2O2/c1-17-14-28(16-27-17)15-23(29)22-8-7-20-19-6-5-18-13-24(2,30)11-12-25(18,3)21(19)9-10-26(20,22)4/h14,16,18-22,30H,5-13,15H2,1-4H3/t18-,19+,20+,21+,22?,24-,25+,26+/m1/s1. The van der Waals surface area contributed by atoms with E-state index < -0.39 is 5.60 Å². The molecule has 4 fully saturated rings. The summed E-state index contributed by atoms with van der Waals surface area (Å²) in [5.41, 5.74) is 1.09. The second-order valence-electron chi connectivity index (χ2n) is 12.2. The molecule has 0 amide bonds. The number of carbonyl (C=O) groups is 1. The summed E-state index contributed by atoms with van der Waals surface area (Å²) in [4.78, 5) is 17.6. The minimum absolute atomic E-state index is 0.178. The first kappa shape index (κ1) is 20.7. The second kappa shape index (κ2) is 6.92. The molecule has 0 aromatic carbocycles. The van der Waals surface area contributed by atoms with Gasteiger partial charge < -0.3 is 9.67 Å². The monoisotopic (exact) mass is 412 g/mol. The fraction of sp³-hybridized carbons (Fsp3) is 0.846. The zero-order valence-corrected chi connectivity index (χ0v) is 19.4. The first-order chi connectivity index (χ1) is 14.1. The molecule has 0 bridgehead atoms. The molecule has 1 aromatic heterocycles. The largest absolute Gasteiger partial charge is 0.390 e. The van der Waals surface area contributed by atoms with Crippen LogP contribution in [0.4, 0.5) is 0 Å². The van der Waals surface area contributed by atoms with Gasteiger partial charge in [0.05, 0.1) is 24.2 Å². The Balaban J connectivity index is 1.34. The summed E-state index contributed by atoms with van der Waals surface area (Å²) in [6, 6.07) is 0. The number of fused-ring (bicyclic) bond motifs is 5. The molecule has 4 saturated carbocycles. The second-order valence-corrected chi connectivity index (χ2v) is 12.2. The van der Waals surface area contributed by atoms with Gasteiger partial charge in [0, 0.05) is 12.1 Å². The molecule has 0 radical (unpaired) electrons. The van der Waals surface area contributed by atoms with Crippen LogP contribution >= 0.6 is 0 Å². The molecule has 166 valence electrons. The normalized spacial score (nSPS) is 48.0. The van der Waals surface area contributed by atoms with Crippen molar-refractivity contribution in [2.24, 2.45) is 40.4 Å². The number of aryl methyl sites for hydroxylation is 1. The number of hydrogen-bond acceptors (Lipinski definition) is 3. The van der Waals surface area contributed by atoms with Crippen molar-refractivity contribution in [2.45, 2.75) is 97.6 Å². The number of aromatic nitrogens is 2. The highest BCUT2D eigenvalue weighted by atomic mass is 16.3. The van der Waals surface area contributed by atoms with Gasteiger partial charge in [-0.25, -0.2) is 4.98 Å². The van der Waals surface area contributed by atoms with Gasteiger partial charge in [0.15, 0.2) is 5.78 Å². The summed E-state index contributed by atoms with van der Waals surface area (Å²) in [5.74, 6) is 3.58. The molecule has 1 N–H and O–H groups in total. The van der Waals surface area contributed by atoms with Crippen molar-refractivity contribution in [3.8, 4) is 0 Å². The van der Waals surface area contributed by atoms with Gasteiger partial charge >= 0.3 is 0 Å². The number of ketones is 1. The molecule has 1 unspecified atom stereocenters. The lowest BCUT2D eigenvalue weighted by atomic mass is 9.44. The van der Waals surface area contributed by atoms with E-state index in [0.29, 0.717) is 29.6 Å². The number of carbonyl (C=O) groups excluding carboxylic acids is 1. The van der Waals surface area contributed by atoms with Crippen LogP contribution in [0.1, 0.15) is 84.3 Å². The number of nitrogens with zero attached hydrogens (tertiary/aromatic N) is 2. The number of imidazole rings is 1. The Labute approximate surface area is 181 Å². The molecule has 5 rings (SSSR count). The minimum Gasteiger partial charge on any atom is -0.390 e. The molecule has 0 spiro atoms. The van der Waals surface area contributed by atoms with Crippen molar-refractivity contribution in [1.82, 2.24) is 9.55 Å². The third-order valence-electron chi connectivity index (χ3n) is 10.4. The van der Waals surface area contributed by atoms with Crippen LogP contribution in [0.3, 0.4) is 0 Å². The summed E-state index contributed by atoms with van der Waals surface area (Å²) in [5, 5.41) is 10.7. The summed E-state index contributed by atoms with van der Waals surface area (Å²) in [7, 11) is 0. The summed E-state index contributed by atoms with van der Waals surface area (Å²) in [6.07, 6.45) is 14.3. The van der Waals surface area contributed by atoms with Crippen LogP contribution in [0.15, 0.2) is 12.5 Å². The molecule has 1 aromatic rings. The van der Waals surface area contributed by atoms with Crippen LogP contribution in [0.25, 0.3) is 0 Å². The number of Topliss-reactive ketones (excluding diaryl/α,β-unsaturated/α-hetero) is 1. The highest BCUT2D eigenvalue weighted by molar-refractivity contribution is 5.82. The molecule has 1 heterocycles. The smallest absolute Gasteiger partial charge is 0.156 e. The van der Waals surface area contributed by atoms with Gasteiger partial charge in [0.1, 0.15) is 0 Å². The van der Waals surface area contributed by atoms with Gasteiger partial charge in [-0.15, -0.1) is 0 Å². The fourth-order valence-corrected chi connectivity index (χ4v) is 8.81. The average Bonchev–Trinajstić information content (AvgIpc) is 3.24. The lowest BCUT2D eigenvalue weighted by Gasteiger charge is -2.61. The van der Waals surface area contributed by atoms with Gasteiger partial charge in [-0.3, -0.25) is 4.79 Å². The Hall–Kier alpha value is -1.16. The van der Waals surface area contributed by atoms with E-state index in [0.717, 1.165) is 36.8 Å². The predicted molar refractivity (Wildman–Crippen MR) is 118 cm³/mol. The number of hydrogen-bond donors (Lipinski definition) is 1. The van der Waals surface area contributed by atoms with Crippen molar-refractivity contribution in [1.29, 1.82) is 0 Å². The summed E-state index contributed by atoms with van der Waals surface area (Å²) in [6.45, 7) is 9.51. The summed E-state index contributed by atoms with van der Waals surface area (Å²) >= 11 is 0. The van der Waals surface area contributed by atoms with Gasteiger partial charge in [-0.1, -0.05) is 13.8 Å². The first-order valence-electron chi connectivity index (χ1n) is 12.4. The van der Waals surface area contributed by atoms with Crippen molar-refractivity contribution in [3.63, 3.8) is 0 Å². The molecular weight excluding hydrogens is 372 g/mol. The van der Waals surface area contributed by atoms with E-state index in [9.17, 15) is 9.90 Å². The third kappa shape index (κ3) is 3.12. The van der Waals surface area contributed by atoms with Crippen molar-refractivity contribution in [3.05, 3.63) is 18.2 Å². The quantitative estimate of drug-likeness (QED) is 0.745. The molecule has 4 aliphatic carbocycles. The van der Waals surface area contributed by atoms with Crippen molar-refractivity contribution in [2.75, 3.05) is 0 Å². The van der Waals surface area contributed by atoms with Gasteiger partial charge in [-0.2, -0.15) is 0 Å². The molecule has 30 heavy (non-hydrogen) atoms. The van der Waals surface area contributed by atoms with Crippen LogP contribution in [0, 0.1) is 47.3 Å². The maximum absolute atomic E-state index is 13.3. The predicted octanol–water partition coefficient (Wildman–Crippen LogP) is 5.17. The van der Waals surface area contributed by atoms with Crippen LogP contribution in [0.5, 0.6) is 0 Å². The Morgan fingerprint density at radius 3 is 2.57 bits per heavy atom. The van der Waals surface area contributed by atoms with E-state index in [-0.39, 0.29) is 11.3 Å². The highest BCUT2D eigenvalue weighted by Crippen LogP contribution is 2.68. The molecule has 4 aliphatic rings. The highest BCUT2D eigenvalue weighted by Gasteiger charge is 2.61. The Bertz CT molecular complexity index is 829. The first-order valence-corrected chi connectivity index (χ1v) is 12.4. The van der Waals surface area contributed by atoms with Crippen LogP contribution in [-0.2, 0) is 11.3 Å². The van der Waals surface area contributed by atoms with E-state index in [1.807, 2.05) is 24.6 Å². The maximum atomic E-state index is 13.3. The molecule has 8 atom stereocenters. The van der Waals surface area contributed by atoms with Gasteiger partial charge in [0.2, 0.25) is 0 Å². The van der Waals surface area contributed by atoms with Gasteiger partial charge in [-0.05, 0) is 106 Å². The van der Waals surface area contributed by atoms with E-state index in [1.54, 1.807) is 6.33 Å². The Morgan fingerprint density at radius 2 is 1.83 bits per heavy atom. The average molecular weight is 413 g/mol. The molecule has 4 heteroatoms. The molecule has 0 aliphatic heterocycles. The molecular formula is C26H40N2O2. The fourth-order valence-electron chi connectivity index (χ4n) is 8.81. The van der Waals surface area contributed by atoms with Crippen LogP contribution in [0.2, 0.25) is 0 Å². The van der Waals surface area contributed by atoms with E-state index >= 15 is 0 Å². The van der Waals surface area contributed by atoms with Crippen LogP contribution < -0.4 is 0 Å². The van der Waals surface area contributed by atoms with Crippen molar-refractivity contribution < 1.29 is 9.90 Å². The van der Waals surface area contributed by atoms with Gasteiger partial charge in [0.25, 0.3) is 0 Å². The van der Waals surface area contributed by atoms with E-state index in [1.165, 1.54) is 38.5 Å². The Morgan fingerprint density at radius 1 is 1.07 bits per heavy atom. The van der Waals surface area contributed by atoms with Crippen molar-refractivity contribution >= 4 is 5.78 Å². The number of rotatable bonds is 3. The zero-order valence-electron chi connectivity index (χ0n) is 19.4. The zero-order chi connectivity index (χ0) is 21.3. The van der Waals surface area contributed by atoms with E-state index in [4.69, 9.17) is 0 Å². The van der Waals surface area contributed by atoms with Crippen LogP contribution in [-0.4, -0.2) is 26.0 Å². The maximum Gasteiger partial charge on any atom is 0.156 e. The Kier molecular flexibility index (Phi) is 4.78. The lowest BCUT2D eigenvalue weighted by Crippen LogP contribution is -2.55. The number of aliphatic hydroxyl groups is 1. The lowest BCUT2D eigenvalue weighted by molar-refractivity contribution is -0.151. The SMILES string of the molecule is Cc1cn(CC(=O)C2CC[C@H]3[C@@H]4CC[C@@H]5C[C@](C)(O)CC[C@]5(C)[C@H]4CC[C@]23C)cn1.